The number of anilines is 1. The topological polar surface area (TPSA) is 64.4 Å². The summed E-state index contributed by atoms with van der Waals surface area (Å²) in [5.74, 6) is -0.882. The quantitative estimate of drug-likeness (QED) is 0.406. The summed E-state index contributed by atoms with van der Waals surface area (Å²) < 4.78 is 7.35. The summed E-state index contributed by atoms with van der Waals surface area (Å²) in [4.78, 5) is 33.2. The Balaban J connectivity index is 1.97. The molecule has 1 amide bonds. The third-order valence-corrected chi connectivity index (χ3v) is 5.84. The number of imidazole rings is 1. The molecule has 31 heavy (non-hydrogen) atoms. The van der Waals surface area contributed by atoms with Crippen LogP contribution in [0.5, 0.6) is 0 Å². The van der Waals surface area contributed by atoms with Crippen molar-refractivity contribution in [1.29, 1.82) is 0 Å². The lowest BCUT2D eigenvalue weighted by molar-refractivity contribution is -0.153. The summed E-state index contributed by atoms with van der Waals surface area (Å²) in [6.07, 6.45) is 0.798. The standard InChI is InChI=1S/C24H26ClN3O3/c1-4-31-23(30)20-21(16-8-7-9-17(25)14-16)28-19-11-6-5-10-18(19)26-24(28)27(22(20)29)13-12-15(2)3/h5-11,14-15,20-21H,4,12-13H2,1-3H3/t20-,21+/m1/s1. The van der Waals surface area contributed by atoms with Crippen LogP contribution in [0.3, 0.4) is 0 Å². The highest BCUT2D eigenvalue weighted by Crippen LogP contribution is 2.41. The number of nitrogens with zero attached hydrogens (tertiary/aromatic N) is 3. The Hall–Kier alpha value is -2.86. The van der Waals surface area contributed by atoms with Crippen LogP contribution in [0.4, 0.5) is 5.95 Å². The molecule has 2 atom stereocenters. The van der Waals surface area contributed by atoms with E-state index in [-0.39, 0.29) is 12.5 Å². The molecule has 0 aliphatic carbocycles. The number of ether oxygens (including phenoxy) is 1. The van der Waals surface area contributed by atoms with E-state index in [2.05, 4.69) is 13.8 Å². The average Bonchev–Trinajstić information content (AvgIpc) is 3.11. The fraction of sp³-hybridized carbons (Fsp3) is 0.375. The molecular weight excluding hydrogens is 414 g/mol. The van der Waals surface area contributed by atoms with Gasteiger partial charge in [-0.15, -0.1) is 0 Å². The Kier molecular flexibility index (Phi) is 6.01. The van der Waals surface area contributed by atoms with Crippen molar-refractivity contribution in [2.45, 2.75) is 33.2 Å². The molecule has 3 aromatic rings. The molecule has 0 fully saturated rings. The number of halogens is 1. The first kappa shape index (κ1) is 21.4. The summed E-state index contributed by atoms with van der Waals surface area (Å²) in [7, 11) is 0. The molecule has 2 heterocycles. The highest BCUT2D eigenvalue weighted by atomic mass is 35.5. The Labute approximate surface area is 186 Å². The second-order valence-electron chi connectivity index (χ2n) is 8.17. The highest BCUT2D eigenvalue weighted by Gasteiger charge is 2.47. The molecule has 0 saturated heterocycles. The van der Waals surface area contributed by atoms with Crippen LogP contribution in [0, 0.1) is 11.8 Å². The van der Waals surface area contributed by atoms with E-state index in [1.807, 2.05) is 41.0 Å². The molecule has 1 aromatic heterocycles. The minimum atomic E-state index is -1.02. The zero-order valence-corrected chi connectivity index (χ0v) is 18.7. The molecule has 162 valence electrons. The molecule has 7 heteroatoms. The summed E-state index contributed by atoms with van der Waals surface area (Å²) in [5.41, 5.74) is 2.40. The maximum atomic E-state index is 13.7. The van der Waals surface area contributed by atoms with Crippen LogP contribution < -0.4 is 4.90 Å². The molecule has 1 aliphatic rings. The van der Waals surface area contributed by atoms with Gasteiger partial charge in [0.1, 0.15) is 0 Å². The Bertz CT molecular complexity index is 1120. The van der Waals surface area contributed by atoms with Gasteiger partial charge in [0.2, 0.25) is 11.9 Å². The monoisotopic (exact) mass is 439 g/mol. The van der Waals surface area contributed by atoms with Crippen LogP contribution >= 0.6 is 11.6 Å². The van der Waals surface area contributed by atoms with Crippen LogP contribution in [-0.2, 0) is 14.3 Å². The fourth-order valence-corrected chi connectivity index (χ4v) is 4.34. The molecule has 0 saturated carbocycles. The molecule has 4 rings (SSSR count). The highest BCUT2D eigenvalue weighted by molar-refractivity contribution is 6.30. The number of hydrogen-bond acceptors (Lipinski definition) is 4. The van der Waals surface area contributed by atoms with Gasteiger partial charge in [-0.2, -0.15) is 0 Å². The number of carbonyl (C=O) groups is 2. The van der Waals surface area contributed by atoms with Crippen LogP contribution in [0.15, 0.2) is 48.5 Å². The van der Waals surface area contributed by atoms with Crippen LogP contribution in [0.25, 0.3) is 11.0 Å². The SMILES string of the molecule is CCOC(=O)[C@H]1C(=O)N(CCC(C)C)c2nc3ccccc3n2[C@H]1c1cccc(Cl)c1. The van der Waals surface area contributed by atoms with Gasteiger partial charge in [0, 0.05) is 11.6 Å². The molecule has 0 bridgehead atoms. The Morgan fingerprint density at radius 2 is 1.97 bits per heavy atom. The maximum Gasteiger partial charge on any atom is 0.321 e. The van der Waals surface area contributed by atoms with Crippen molar-refractivity contribution >= 4 is 40.5 Å². The second-order valence-corrected chi connectivity index (χ2v) is 8.61. The van der Waals surface area contributed by atoms with Crippen molar-refractivity contribution in [3.8, 4) is 0 Å². The smallest absolute Gasteiger partial charge is 0.321 e. The minimum Gasteiger partial charge on any atom is -0.465 e. The van der Waals surface area contributed by atoms with Gasteiger partial charge in [0.25, 0.3) is 0 Å². The number of amides is 1. The molecule has 0 spiro atoms. The van der Waals surface area contributed by atoms with E-state index in [9.17, 15) is 9.59 Å². The van der Waals surface area contributed by atoms with E-state index in [0.29, 0.717) is 23.4 Å². The predicted molar refractivity (Wildman–Crippen MR) is 121 cm³/mol. The van der Waals surface area contributed by atoms with Crippen molar-refractivity contribution in [2.24, 2.45) is 11.8 Å². The van der Waals surface area contributed by atoms with Crippen molar-refractivity contribution < 1.29 is 14.3 Å². The minimum absolute atomic E-state index is 0.203. The maximum absolute atomic E-state index is 13.7. The number of carbonyl (C=O) groups excluding carboxylic acids is 2. The number of hydrogen-bond donors (Lipinski definition) is 0. The van der Waals surface area contributed by atoms with Gasteiger partial charge < -0.3 is 9.30 Å². The number of esters is 1. The number of benzene rings is 2. The number of rotatable bonds is 6. The van der Waals surface area contributed by atoms with Crippen LogP contribution in [0.2, 0.25) is 5.02 Å². The van der Waals surface area contributed by atoms with Crippen molar-refractivity contribution in [1.82, 2.24) is 9.55 Å². The molecule has 0 radical (unpaired) electrons. The molecule has 0 N–H and O–H groups in total. The summed E-state index contributed by atoms with van der Waals surface area (Å²) in [5, 5.41) is 0.542. The summed E-state index contributed by atoms with van der Waals surface area (Å²) >= 11 is 6.28. The third kappa shape index (κ3) is 3.92. The largest absolute Gasteiger partial charge is 0.465 e. The van der Waals surface area contributed by atoms with Gasteiger partial charge in [0.15, 0.2) is 5.92 Å². The van der Waals surface area contributed by atoms with E-state index in [0.717, 1.165) is 23.0 Å². The first-order chi connectivity index (χ1) is 14.9. The summed E-state index contributed by atoms with van der Waals surface area (Å²) in [6.45, 7) is 6.64. The van der Waals surface area contributed by atoms with Gasteiger partial charge in [-0.3, -0.25) is 14.5 Å². The number of para-hydroxylation sites is 2. The fourth-order valence-electron chi connectivity index (χ4n) is 4.14. The van der Waals surface area contributed by atoms with E-state index in [1.165, 1.54) is 0 Å². The predicted octanol–water partition coefficient (Wildman–Crippen LogP) is 4.85. The van der Waals surface area contributed by atoms with E-state index < -0.39 is 17.9 Å². The third-order valence-electron chi connectivity index (χ3n) is 5.61. The average molecular weight is 440 g/mol. The van der Waals surface area contributed by atoms with Gasteiger partial charge in [-0.1, -0.05) is 49.7 Å². The van der Waals surface area contributed by atoms with E-state index in [1.54, 1.807) is 24.0 Å². The van der Waals surface area contributed by atoms with Crippen molar-refractivity contribution in [3.63, 3.8) is 0 Å². The zero-order valence-electron chi connectivity index (χ0n) is 17.9. The Morgan fingerprint density at radius 3 is 2.68 bits per heavy atom. The molecule has 0 unspecified atom stereocenters. The van der Waals surface area contributed by atoms with Crippen molar-refractivity contribution in [3.05, 3.63) is 59.1 Å². The number of aromatic nitrogens is 2. The van der Waals surface area contributed by atoms with Gasteiger partial charge in [0.05, 0.1) is 23.7 Å². The summed E-state index contributed by atoms with van der Waals surface area (Å²) in [6, 6.07) is 14.4. The zero-order chi connectivity index (χ0) is 22.1. The van der Waals surface area contributed by atoms with Gasteiger partial charge in [-0.05, 0) is 49.1 Å². The van der Waals surface area contributed by atoms with E-state index in [4.69, 9.17) is 21.3 Å². The van der Waals surface area contributed by atoms with Crippen LogP contribution in [-0.4, -0.2) is 34.6 Å². The second kappa shape index (κ2) is 8.71. The number of fused-ring (bicyclic) bond motifs is 3. The first-order valence-electron chi connectivity index (χ1n) is 10.6. The van der Waals surface area contributed by atoms with Crippen LogP contribution in [0.1, 0.15) is 38.8 Å². The molecular formula is C24H26ClN3O3. The van der Waals surface area contributed by atoms with Gasteiger partial charge >= 0.3 is 5.97 Å². The van der Waals surface area contributed by atoms with Gasteiger partial charge in [-0.25, -0.2) is 4.98 Å². The lowest BCUT2D eigenvalue weighted by atomic mass is 9.89. The van der Waals surface area contributed by atoms with E-state index >= 15 is 0 Å². The molecule has 2 aromatic carbocycles. The normalized spacial score (nSPS) is 18.5. The molecule has 1 aliphatic heterocycles. The Morgan fingerprint density at radius 1 is 1.19 bits per heavy atom. The first-order valence-corrected chi connectivity index (χ1v) is 11.0. The lowest BCUT2D eigenvalue weighted by Crippen LogP contribution is -2.50. The lowest BCUT2D eigenvalue weighted by Gasteiger charge is -2.38. The molecule has 6 nitrogen and oxygen atoms in total. The van der Waals surface area contributed by atoms with Crippen molar-refractivity contribution in [2.75, 3.05) is 18.1 Å².